The molecule has 0 bridgehead atoms. The predicted molar refractivity (Wildman–Crippen MR) is 262 cm³/mol. The van der Waals surface area contributed by atoms with E-state index < -0.39 is 80.4 Å². The van der Waals surface area contributed by atoms with Crippen LogP contribution in [-0.4, -0.2) is 80.7 Å². The smallest absolute Gasteiger partial charge is 0.206 e. The lowest BCUT2D eigenvalue weighted by molar-refractivity contribution is 0.258. The van der Waals surface area contributed by atoms with Crippen LogP contribution in [0.3, 0.4) is 0 Å². The Morgan fingerprint density at radius 2 is 1.04 bits per heavy atom. The van der Waals surface area contributed by atoms with E-state index in [1.54, 1.807) is 61.6 Å². The predicted octanol–water partition coefficient (Wildman–Crippen LogP) is 10.4. The van der Waals surface area contributed by atoms with E-state index in [4.69, 9.17) is 9.98 Å². The standard InChI is InChI=1S/C53H41N5O10/c1-28-43(60)49(66)45(62)37(59)26-36-40(57(28)27-55-53(32-17-10-5-11-18-32)56-52(54-2)33-23-21-31(22-24-33)29-13-6-3-7-14-29)41-38(46(63)44(36)61)39-42(48(65)51(68)50(67)47(39)64)58(41)35-20-12-19-34(25-35)30-15-8-4-9-16-30/h3-25,27,59-68H,1,26H2,2H3/b45-37-,49-43-,54-52-,55-27+,56-53-. The minimum Gasteiger partial charge on any atom is -0.508 e. The molecule has 338 valence electrons. The maximum Gasteiger partial charge on any atom is 0.206 e. The van der Waals surface area contributed by atoms with Crippen LogP contribution in [0.25, 0.3) is 49.7 Å². The third kappa shape index (κ3) is 7.35. The Kier molecular flexibility index (Phi) is 11.2. The second-order valence-corrected chi connectivity index (χ2v) is 15.6. The molecule has 8 aromatic rings. The summed E-state index contributed by atoms with van der Waals surface area (Å²) in [5, 5.41) is 114. The van der Waals surface area contributed by atoms with Gasteiger partial charge in [0, 0.05) is 35.8 Å². The van der Waals surface area contributed by atoms with Gasteiger partial charge in [-0.2, -0.15) is 0 Å². The summed E-state index contributed by atoms with van der Waals surface area (Å²) < 4.78 is 1.31. The van der Waals surface area contributed by atoms with Crippen molar-refractivity contribution in [3.05, 3.63) is 192 Å². The zero-order chi connectivity index (χ0) is 48.0. The van der Waals surface area contributed by atoms with Crippen molar-refractivity contribution in [3.8, 4) is 62.4 Å². The molecule has 0 saturated carbocycles. The topological polar surface area (TPSA) is 248 Å². The van der Waals surface area contributed by atoms with Gasteiger partial charge in [-0.25, -0.2) is 9.98 Å². The fourth-order valence-electron chi connectivity index (χ4n) is 8.26. The Balaban J connectivity index is 1.36. The zero-order valence-corrected chi connectivity index (χ0v) is 36.0. The molecular weight excluding hydrogens is 867 g/mol. The molecule has 0 aliphatic carbocycles. The summed E-state index contributed by atoms with van der Waals surface area (Å²) in [6, 6.07) is 42.1. The highest BCUT2D eigenvalue weighted by Gasteiger charge is 2.36. The molecule has 15 heteroatoms. The molecule has 68 heavy (non-hydrogen) atoms. The number of amidine groups is 2. The lowest BCUT2D eigenvalue weighted by Crippen LogP contribution is -2.25. The molecule has 2 heterocycles. The van der Waals surface area contributed by atoms with Crippen molar-refractivity contribution in [1.82, 2.24) is 4.57 Å². The Morgan fingerprint density at radius 1 is 0.515 bits per heavy atom. The van der Waals surface area contributed by atoms with Crippen molar-refractivity contribution >= 4 is 45.5 Å². The van der Waals surface area contributed by atoms with Crippen LogP contribution in [0.1, 0.15) is 16.7 Å². The van der Waals surface area contributed by atoms with E-state index in [2.05, 4.69) is 11.6 Å². The van der Waals surface area contributed by atoms with Crippen LogP contribution in [-0.2, 0) is 6.42 Å². The van der Waals surface area contributed by atoms with E-state index in [-0.39, 0.29) is 39.6 Å². The van der Waals surface area contributed by atoms with Crippen LogP contribution in [0.2, 0.25) is 0 Å². The molecule has 1 aliphatic heterocycles. The first kappa shape index (κ1) is 43.6. The van der Waals surface area contributed by atoms with Gasteiger partial charge in [-0.15, -0.1) is 0 Å². The quantitative estimate of drug-likeness (QED) is 0.0325. The lowest BCUT2D eigenvalue weighted by Gasteiger charge is -2.27. The van der Waals surface area contributed by atoms with Crippen molar-refractivity contribution in [2.24, 2.45) is 15.0 Å². The Labute approximate surface area is 387 Å². The number of rotatable bonds is 6. The summed E-state index contributed by atoms with van der Waals surface area (Å²) in [5.74, 6) is -10.3. The summed E-state index contributed by atoms with van der Waals surface area (Å²) in [7, 11) is 1.56. The van der Waals surface area contributed by atoms with Crippen LogP contribution in [0.15, 0.2) is 190 Å². The van der Waals surface area contributed by atoms with E-state index in [1.807, 2.05) is 84.9 Å². The fraction of sp³-hybridized carbons (Fsp3) is 0.0377. The molecular formula is C53H41N5O10. The molecule has 15 nitrogen and oxygen atoms in total. The van der Waals surface area contributed by atoms with Gasteiger partial charge in [0.25, 0.3) is 0 Å². The average Bonchev–Trinajstić information content (AvgIpc) is 3.75. The summed E-state index contributed by atoms with van der Waals surface area (Å²) in [6.45, 7) is 4.03. The first-order valence-corrected chi connectivity index (χ1v) is 20.9. The number of aliphatic hydroxyl groups is 4. The molecule has 1 aliphatic rings. The summed E-state index contributed by atoms with van der Waals surface area (Å²) in [5.41, 5.74) is 2.98. The summed E-state index contributed by atoms with van der Waals surface area (Å²) >= 11 is 0. The van der Waals surface area contributed by atoms with Crippen LogP contribution >= 0.6 is 0 Å². The number of allylic oxidation sites excluding steroid dienone is 1. The van der Waals surface area contributed by atoms with Gasteiger partial charge in [-0.1, -0.05) is 134 Å². The van der Waals surface area contributed by atoms with Gasteiger partial charge in [0.05, 0.1) is 27.7 Å². The third-order valence-corrected chi connectivity index (χ3v) is 11.6. The Bertz CT molecular complexity index is 3490. The average molecular weight is 908 g/mol. The van der Waals surface area contributed by atoms with Gasteiger partial charge < -0.3 is 55.6 Å². The zero-order valence-electron chi connectivity index (χ0n) is 36.0. The van der Waals surface area contributed by atoms with Gasteiger partial charge in [0.2, 0.25) is 17.3 Å². The van der Waals surface area contributed by atoms with Crippen LogP contribution < -0.4 is 4.90 Å². The molecule has 0 spiro atoms. The highest BCUT2D eigenvalue weighted by Crippen LogP contribution is 2.58. The number of hydrogen-bond acceptors (Lipinski definition) is 11. The van der Waals surface area contributed by atoms with E-state index in [1.165, 1.54) is 4.57 Å². The molecule has 0 radical (unpaired) electrons. The van der Waals surface area contributed by atoms with E-state index in [0.717, 1.165) is 27.9 Å². The number of anilines is 1. The number of aromatic nitrogens is 1. The molecule has 0 saturated heterocycles. The molecule has 0 atom stereocenters. The largest absolute Gasteiger partial charge is 0.508 e. The Morgan fingerprint density at radius 3 is 1.68 bits per heavy atom. The maximum absolute atomic E-state index is 12.0. The first-order chi connectivity index (χ1) is 32.8. The highest BCUT2D eigenvalue weighted by molar-refractivity contribution is 6.24. The van der Waals surface area contributed by atoms with E-state index in [0.29, 0.717) is 16.7 Å². The molecule has 7 aromatic carbocycles. The SMILES string of the molecule is C=C1/C(O)=C(O)\C(O)=C(\O)Cc2c(O)c(O)c3c4c(O)c(O)c(O)c(O)c4n(-c4cccc(-c5ccccc5)c4)c3c2N1/C=N/C(=N\C(=N/C)c1ccc(-c2ccccc2)cc1)c1ccccc1. The minimum atomic E-state index is -1.21. The number of nitrogens with zero attached hydrogens (tertiary/aromatic N) is 5. The number of hydrogen-bond donors (Lipinski definition) is 10. The van der Waals surface area contributed by atoms with Gasteiger partial charge in [0.1, 0.15) is 17.6 Å². The van der Waals surface area contributed by atoms with Crippen molar-refractivity contribution in [2.45, 2.75) is 6.42 Å². The number of phenolic OH excluding ortho intramolecular Hbond substituents is 6. The molecule has 0 amide bonds. The fourth-order valence-corrected chi connectivity index (χ4v) is 8.26. The minimum absolute atomic E-state index is 0.0459. The van der Waals surface area contributed by atoms with E-state index >= 15 is 0 Å². The first-order valence-electron chi connectivity index (χ1n) is 20.9. The van der Waals surface area contributed by atoms with Crippen LogP contribution in [0.5, 0.6) is 34.5 Å². The molecule has 9 rings (SSSR count). The van der Waals surface area contributed by atoms with Crippen molar-refractivity contribution in [3.63, 3.8) is 0 Å². The molecule has 10 N–H and O–H groups in total. The maximum atomic E-state index is 12.0. The third-order valence-electron chi connectivity index (χ3n) is 11.6. The number of phenols is 6. The number of benzene rings is 7. The van der Waals surface area contributed by atoms with Gasteiger partial charge in [0.15, 0.2) is 46.2 Å². The van der Waals surface area contributed by atoms with Crippen molar-refractivity contribution in [1.29, 1.82) is 0 Å². The van der Waals surface area contributed by atoms with Gasteiger partial charge >= 0.3 is 0 Å². The monoisotopic (exact) mass is 907 g/mol. The van der Waals surface area contributed by atoms with Gasteiger partial charge in [-0.3, -0.25) is 9.89 Å². The molecule has 0 unspecified atom stereocenters. The number of aliphatic hydroxyl groups excluding tert-OH is 4. The van der Waals surface area contributed by atoms with Crippen LogP contribution in [0, 0.1) is 0 Å². The second kappa shape index (κ2) is 17.4. The molecule has 0 fully saturated rings. The number of aromatic hydroxyl groups is 6. The normalized spacial score (nSPS) is 16.0. The van der Waals surface area contributed by atoms with Crippen LogP contribution in [0.4, 0.5) is 5.69 Å². The summed E-state index contributed by atoms with van der Waals surface area (Å²) in [6.07, 6.45) is 0.283. The number of fused-ring (bicyclic) bond motifs is 5. The molecule has 1 aromatic heterocycles. The summed E-state index contributed by atoms with van der Waals surface area (Å²) in [4.78, 5) is 15.2. The number of aliphatic imine (C=N–C) groups is 3. The van der Waals surface area contributed by atoms with Crippen molar-refractivity contribution < 1.29 is 51.1 Å². The second-order valence-electron chi connectivity index (χ2n) is 15.6. The highest BCUT2D eigenvalue weighted by atomic mass is 16.4. The lowest BCUT2D eigenvalue weighted by atomic mass is 9.99. The van der Waals surface area contributed by atoms with Crippen molar-refractivity contribution in [2.75, 3.05) is 11.9 Å². The Hall–Kier alpha value is -9.63. The van der Waals surface area contributed by atoms with Gasteiger partial charge in [-0.05, 0) is 34.4 Å². The van der Waals surface area contributed by atoms with E-state index in [9.17, 15) is 51.1 Å².